The number of rotatable bonds is 6. The van der Waals surface area contributed by atoms with Gasteiger partial charge in [-0.15, -0.1) is 0 Å². The Morgan fingerprint density at radius 3 is 2.64 bits per heavy atom. The summed E-state index contributed by atoms with van der Waals surface area (Å²) in [6.45, 7) is -2.41. The monoisotopic (exact) mass is 307 g/mol. The van der Waals surface area contributed by atoms with Crippen LogP contribution in [0.1, 0.15) is 5.56 Å². The second kappa shape index (κ2) is 7.92. The number of alkyl halides is 2. The average molecular weight is 307 g/mol. The summed E-state index contributed by atoms with van der Waals surface area (Å²) >= 11 is 0. The lowest BCUT2D eigenvalue weighted by Gasteiger charge is -2.08. The van der Waals surface area contributed by atoms with Gasteiger partial charge >= 0.3 is 12.6 Å². The van der Waals surface area contributed by atoms with Crippen molar-refractivity contribution >= 4 is 11.7 Å². The highest BCUT2D eigenvalue weighted by Gasteiger charge is 2.04. The zero-order valence-corrected chi connectivity index (χ0v) is 11.6. The first-order valence-electron chi connectivity index (χ1n) is 6.62. The summed E-state index contributed by atoms with van der Waals surface area (Å²) in [7, 11) is 0. The van der Waals surface area contributed by atoms with Gasteiger partial charge in [-0.3, -0.25) is 4.98 Å². The molecule has 0 atom stereocenters. The summed E-state index contributed by atoms with van der Waals surface area (Å²) in [5.74, 6) is 0.112. The molecule has 2 aromatic rings. The molecule has 0 spiro atoms. The van der Waals surface area contributed by atoms with Gasteiger partial charge in [-0.25, -0.2) is 4.79 Å². The Morgan fingerprint density at radius 2 is 2.00 bits per heavy atom. The van der Waals surface area contributed by atoms with Gasteiger partial charge in [0.15, 0.2) is 0 Å². The number of benzene rings is 1. The van der Waals surface area contributed by atoms with Crippen LogP contribution in [-0.4, -0.2) is 24.2 Å². The molecule has 0 radical (unpaired) electrons. The molecule has 7 heteroatoms. The standard InChI is InChI=1S/C15H15F2N3O2/c16-14(17)22-13-5-3-11(4-6-13)7-9-19-15(21)20-12-2-1-8-18-10-12/h1-6,8,10,14H,7,9H2,(H2,19,20,21). The number of pyridine rings is 1. The minimum absolute atomic E-state index is 0.112. The highest BCUT2D eigenvalue weighted by atomic mass is 19.3. The maximum absolute atomic E-state index is 12.0. The Bertz CT molecular complexity index is 591. The largest absolute Gasteiger partial charge is 0.435 e. The Morgan fingerprint density at radius 1 is 1.23 bits per heavy atom. The molecule has 0 aliphatic heterocycles. The van der Waals surface area contributed by atoms with E-state index in [9.17, 15) is 13.6 Å². The quantitative estimate of drug-likeness (QED) is 0.862. The number of carbonyl (C=O) groups excluding carboxylic acids is 1. The first-order valence-corrected chi connectivity index (χ1v) is 6.62. The fraction of sp³-hybridized carbons (Fsp3) is 0.200. The number of halogens is 2. The molecule has 2 rings (SSSR count). The fourth-order valence-electron chi connectivity index (χ4n) is 1.77. The molecule has 0 aliphatic rings. The number of carbonyl (C=O) groups is 1. The minimum atomic E-state index is -2.83. The van der Waals surface area contributed by atoms with Crippen LogP contribution in [0.4, 0.5) is 19.3 Å². The number of urea groups is 1. The number of hydrogen-bond acceptors (Lipinski definition) is 3. The maximum Gasteiger partial charge on any atom is 0.387 e. The minimum Gasteiger partial charge on any atom is -0.435 e. The molecule has 0 saturated carbocycles. The van der Waals surface area contributed by atoms with Gasteiger partial charge in [-0.2, -0.15) is 8.78 Å². The molecule has 5 nitrogen and oxygen atoms in total. The van der Waals surface area contributed by atoms with E-state index in [2.05, 4.69) is 20.4 Å². The lowest BCUT2D eigenvalue weighted by atomic mass is 10.1. The van der Waals surface area contributed by atoms with Gasteiger partial charge in [0.05, 0.1) is 11.9 Å². The molecule has 2 N–H and O–H groups in total. The molecular formula is C15H15F2N3O2. The van der Waals surface area contributed by atoms with E-state index in [-0.39, 0.29) is 11.8 Å². The third kappa shape index (κ3) is 5.35. The fourth-order valence-corrected chi connectivity index (χ4v) is 1.77. The number of nitrogens with zero attached hydrogens (tertiary/aromatic N) is 1. The van der Waals surface area contributed by atoms with Crippen molar-refractivity contribution in [2.75, 3.05) is 11.9 Å². The van der Waals surface area contributed by atoms with Crippen LogP contribution in [0.3, 0.4) is 0 Å². The Kier molecular flexibility index (Phi) is 5.65. The van der Waals surface area contributed by atoms with E-state index >= 15 is 0 Å². The van der Waals surface area contributed by atoms with E-state index < -0.39 is 6.61 Å². The van der Waals surface area contributed by atoms with Crippen molar-refractivity contribution in [2.45, 2.75) is 13.0 Å². The van der Waals surface area contributed by atoms with Gasteiger partial charge in [0.2, 0.25) is 0 Å². The predicted molar refractivity (Wildman–Crippen MR) is 78.0 cm³/mol. The molecule has 2 amide bonds. The van der Waals surface area contributed by atoms with Gasteiger partial charge in [0.1, 0.15) is 5.75 Å². The van der Waals surface area contributed by atoms with Crippen LogP contribution in [0, 0.1) is 0 Å². The van der Waals surface area contributed by atoms with E-state index in [4.69, 9.17) is 0 Å². The van der Waals surface area contributed by atoms with Gasteiger partial charge in [-0.1, -0.05) is 12.1 Å². The van der Waals surface area contributed by atoms with Crippen LogP contribution in [0.25, 0.3) is 0 Å². The van der Waals surface area contributed by atoms with E-state index in [0.717, 1.165) is 5.56 Å². The van der Waals surface area contributed by atoms with Crippen molar-refractivity contribution in [3.05, 3.63) is 54.4 Å². The van der Waals surface area contributed by atoms with Gasteiger partial charge < -0.3 is 15.4 Å². The van der Waals surface area contributed by atoms with Crippen molar-refractivity contribution in [3.8, 4) is 5.75 Å². The summed E-state index contributed by atoms with van der Waals surface area (Å²) in [6, 6.07) is 9.42. The molecule has 116 valence electrons. The number of nitrogens with one attached hydrogen (secondary N) is 2. The van der Waals surface area contributed by atoms with Crippen LogP contribution < -0.4 is 15.4 Å². The molecule has 22 heavy (non-hydrogen) atoms. The molecule has 0 bridgehead atoms. The van der Waals surface area contributed by atoms with Crippen LogP contribution in [0.5, 0.6) is 5.75 Å². The van der Waals surface area contributed by atoms with E-state index in [0.29, 0.717) is 18.7 Å². The summed E-state index contributed by atoms with van der Waals surface area (Å²) in [5, 5.41) is 5.34. The molecule has 0 unspecified atom stereocenters. The first-order chi connectivity index (χ1) is 10.6. The number of amides is 2. The normalized spacial score (nSPS) is 10.3. The average Bonchev–Trinajstić information content (AvgIpc) is 2.49. The van der Waals surface area contributed by atoms with Crippen LogP contribution in [0.2, 0.25) is 0 Å². The SMILES string of the molecule is O=C(NCCc1ccc(OC(F)F)cc1)Nc1cccnc1. The molecule has 1 aromatic carbocycles. The first kappa shape index (κ1) is 15.7. The maximum atomic E-state index is 12.0. The highest BCUT2D eigenvalue weighted by Crippen LogP contribution is 2.15. The molecule has 0 aliphatic carbocycles. The van der Waals surface area contributed by atoms with Crippen molar-refractivity contribution in [2.24, 2.45) is 0 Å². The summed E-state index contributed by atoms with van der Waals surface area (Å²) < 4.78 is 28.3. The second-order valence-electron chi connectivity index (χ2n) is 4.40. The zero-order chi connectivity index (χ0) is 15.8. The van der Waals surface area contributed by atoms with E-state index in [1.807, 2.05) is 0 Å². The smallest absolute Gasteiger partial charge is 0.387 e. The molecular weight excluding hydrogens is 292 g/mol. The topological polar surface area (TPSA) is 63.2 Å². The van der Waals surface area contributed by atoms with E-state index in [1.165, 1.54) is 12.1 Å². The van der Waals surface area contributed by atoms with Crippen molar-refractivity contribution in [3.63, 3.8) is 0 Å². The lowest BCUT2D eigenvalue weighted by molar-refractivity contribution is -0.0498. The number of ether oxygens (including phenoxy) is 1. The Hall–Kier alpha value is -2.70. The third-order valence-corrected chi connectivity index (χ3v) is 2.77. The number of hydrogen-bond donors (Lipinski definition) is 2. The van der Waals surface area contributed by atoms with Crippen LogP contribution >= 0.6 is 0 Å². The van der Waals surface area contributed by atoms with Crippen molar-refractivity contribution in [1.29, 1.82) is 0 Å². The van der Waals surface area contributed by atoms with Gasteiger partial charge in [0, 0.05) is 12.7 Å². The summed E-state index contributed by atoms with van der Waals surface area (Å²) in [6.07, 6.45) is 3.74. The lowest BCUT2D eigenvalue weighted by Crippen LogP contribution is -2.30. The molecule has 1 aromatic heterocycles. The van der Waals surface area contributed by atoms with Crippen molar-refractivity contribution < 1.29 is 18.3 Å². The van der Waals surface area contributed by atoms with E-state index in [1.54, 1.807) is 36.7 Å². The number of aromatic nitrogens is 1. The van der Waals surface area contributed by atoms with Crippen molar-refractivity contribution in [1.82, 2.24) is 10.3 Å². The third-order valence-electron chi connectivity index (χ3n) is 2.77. The van der Waals surface area contributed by atoms with Gasteiger partial charge in [-0.05, 0) is 36.2 Å². The molecule has 0 saturated heterocycles. The molecule has 0 fully saturated rings. The zero-order valence-electron chi connectivity index (χ0n) is 11.6. The molecule has 1 heterocycles. The Labute approximate surface area is 126 Å². The van der Waals surface area contributed by atoms with Gasteiger partial charge in [0.25, 0.3) is 0 Å². The predicted octanol–water partition coefficient (Wildman–Crippen LogP) is 3.05. The highest BCUT2D eigenvalue weighted by molar-refractivity contribution is 5.88. The number of anilines is 1. The second-order valence-corrected chi connectivity index (χ2v) is 4.40. The Balaban J connectivity index is 1.73. The van der Waals surface area contributed by atoms with Crippen LogP contribution in [-0.2, 0) is 6.42 Å². The summed E-state index contributed by atoms with van der Waals surface area (Å²) in [5.41, 5.74) is 1.51. The summed E-state index contributed by atoms with van der Waals surface area (Å²) in [4.78, 5) is 15.5. The van der Waals surface area contributed by atoms with Crippen LogP contribution in [0.15, 0.2) is 48.8 Å².